The fourth-order valence-electron chi connectivity index (χ4n) is 5.28. The van der Waals surface area contributed by atoms with Crippen molar-refractivity contribution >= 4 is 23.0 Å². The third-order valence-electron chi connectivity index (χ3n) is 7.55. The zero-order valence-electron chi connectivity index (χ0n) is 22.8. The maximum atomic E-state index is 13.4. The number of benzene rings is 2. The molecule has 0 radical (unpaired) electrons. The number of amides is 1. The molecule has 2 aromatic rings. The fraction of sp³-hybridized carbons (Fsp3) is 0.536. The van der Waals surface area contributed by atoms with Gasteiger partial charge in [-0.05, 0) is 68.3 Å². The first-order chi connectivity index (χ1) is 19.4. The molecular formula is C28H35F6N5O2. The van der Waals surface area contributed by atoms with Crippen LogP contribution in [0.15, 0.2) is 42.5 Å². The molecule has 1 amide bonds. The number of rotatable bonds is 9. The number of anilines is 3. The van der Waals surface area contributed by atoms with Gasteiger partial charge in [0.05, 0.1) is 23.9 Å². The third-order valence-corrected chi connectivity index (χ3v) is 7.55. The Morgan fingerprint density at radius 1 is 0.902 bits per heavy atom. The van der Waals surface area contributed by atoms with Crippen LogP contribution in [0, 0.1) is 0 Å². The van der Waals surface area contributed by atoms with E-state index in [1.165, 1.54) is 25.3 Å². The molecule has 2 saturated heterocycles. The quantitative estimate of drug-likeness (QED) is 0.290. The standard InChI is InChI=1S/C28H35F6N5O2/c1-41-36-25-9-6-22(19-24(25)28(32,33)34)35-21-10-13-39(14-11-21)26(40)3-2-12-37-15-17-38(18-16-37)23-7-4-20(5-8-23)27(29,30)31/h4-9,19,21,35-36H,2-3,10-18H2,1H3. The highest BCUT2D eigenvalue weighted by Gasteiger charge is 2.34. The van der Waals surface area contributed by atoms with E-state index in [0.29, 0.717) is 57.5 Å². The molecule has 2 aliphatic rings. The van der Waals surface area contributed by atoms with E-state index in [1.54, 1.807) is 6.07 Å². The number of hydrogen-bond acceptors (Lipinski definition) is 6. The van der Waals surface area contributed by atoms with Gasteiger partial charge in [0.2, 0.25) is 5.91 Å². The number of likely N-dealkylation sites (tertiary alicyclic amines) is 1. The third kappa shape index (κ3) is 8.41. The number of piperidine rings is 1. The van der Waals surface area contributed by atoms with E-state index in [2.05, 4.69) is 25.4 Å². The molecule has 2 aromatic carbocycles. The Bertz CT molecular complexity index is 1140. The summed E-state index contributed by atoms with van der Waals surface area (Å²) in [6.07, 6.45) is -6.48. The molecule has 0 aliphatic carbocycles. The summed E-state index contributed by atoms with van der Waals surface area (Å²) in [5, 5.41) is 3.17. The Morgan fingerprint density at radius 2 is 1.56 bits per heavy atom. The number of nitrogens with zero attached hydrogens (tertiary/aromatic N) is 3. The Hall–Kier alpha value is -3.19. The summed E-state index contributed by atoms with van der Waals surface area (Å²) in [4.78, 5) is 23.5. The summed E-state index contributed by atoms with van der Waals surface area (Å²) in [6, 6.07) is 9.13. The van der Waals surface area contributed by atoms with Crippen molar-refractivity contribution in [2.75, 3.05) is 68.6 Å². The molecule has 0 bridgehead atoms. The fourth-order valence-corrected chi connectivity index (χ4v) is 5.28. The van der Waals surface area contributed by atoms with Crippen molar-refractivity contribution in [2.24, 2.45) is 0 Å². The second-order valence-corrected chi connectivity index (χ2v) is 10.3. The highest BCUT2D eigenvalue weighted by molar-refractivity contribution is 5.76. The predicted octanol–water partition coefficient (Wildman–Crippen LogP) is 5.70. The van der Waals surface area contributed by atoms with Crippen molar-refractivity contribution in [3.05, 3.63) is 53.6 Å². The van der Waals surface area contributed by atoms with E-state index in [-0.39, 0.29) is 17.6 Å². The number of alkyl halides is 6. The number of carbonyl (C=O) groups is 1. The number of nitrogens with one attached hydrogen (secondary N) is 2. The molecule has 2 N–H and O–H groups in total. The van der Waals surface area contributed by atoms with E-state index >= 15 is 0 Å². The van der Waals surface area contributed by atoms with Crippen molar-refractivity contribution in [3.8, 4) is 0 Å². The molecule has 0 spiro atoms. The summed E-state index contributed by atoms with van der Waals surface area (Å²) >= 11 is 0. The van der Waals surface area contributed by atoms with Gasteiger partial charge in [0.15, 0.2) is 0 Å². The Balaban J connectivity index is 1.15. The largest absolute Gasteiger partial charge is 0.418 e. The van der Waals surface area contributed by atoms with Gasteiger partial charge in [0.1, 0.15) is 0 Å². The second kappa shape index (κ2) is 13.2. The minimum absolute atomic E-state index is 0.0395. The SMILES string of the molecule is CONc1ccc(NC2CCN(C(=O)CCCN3CCN(c4ccc(C(F)(F)F)cc4)CC3)CC2)cc1C(F)(F)F. The normalized spacial score (nSPS) is 17.5. The Morgan fingerprint density at radius 3 is 2.15 bits per heavy atom. The summed E-state index contributed by atoms with van der Waals surface area (Å²) in [5.74, 6) is 0.0705. The van der Waals surface area contributed by atoms with Gasteiger partial charge in [-0.2, -0.15) is 26.3 Å². The summed E-state index contributed by atoms with van der Waals surface area (Å²) in [5.41, 5.74) is 1.75. The number of halogens is 6. The van der Waals surface area contributed by atoms with Crippen LogP contribution in [0.4, 0.5) is 43.4 Å². The van der Waals surface area contributed by atoms with Crippen LogP contribution in [-0.2, 0) is 22.0 Å². The highest BCUT2D eigenvalue weighted by atomic mass is 19.4. The van der Waals surface area contributed by atoms with Crippen LogP contribution in [0.2, 0.25) is 0 Å². The van der Waals surface area contributed by atoms with E-state index in [4.69, 9.17) is 0 Å². The average molecular weight is 588 g/mol. The summed E-state index contributed by atoms with van der Waals surface area (Å²) in [7, 11) is 1.25. The molecular weight excluding hydrogens is 552 g/mol. The molecule has 4 rings (SSSR count). The maximum Gasteiger partial charge on any atom is 0.418 e. The Labute approximate surface area is 235 Å². The van der Waals surface area contributed by atoms with Gasteiger partial charge in [-0.15, -0.1) is 0 Å². The van der Waals surface area contributed by atoms with Crippen LogP contribution < -0.4 is 15.7 Å². The van der Waals surface area contributed by atoms with Crippen molar-refractivity contribution in [3.63, 3.8) is 0 Å². The molecule has 7 nitrogen and oxygen atoms in total. The lowest BCUT2D eigenvalue weighted by atomic mass is 10.0. The molecule has 0 saturated carbocycles. The van der Waals surface area contributed by atoms with Crippen LogP contribution in [0.1, 0.15) is 36.8 Å². The van der Waals surface area contributed by atoms with E-state index in [9.17, 15) is 31.1 Å². The zero-order valence-corrected chi connectivity index (χ0v) is 22.8. The average Bonchev–Trinajstić information content (AvgIpc) is 2.94. The second-order valence-electron chi connectivity index (χ2n) is 10.3. The monoisotopic (exact) mass is 587 g/mol. The molecule has 2 heterocycles. The van der Waals surface area contributed by atoms with Crippen molar-refractivity contribution in [1.29, 1.82) is 0 Å². The lowest BCUT2D eigenvalue weighted by Gasteiger charge is -2.36. The number of carbonyl (C=O) groups excluding carboxylic acids is 1. The van der Waals surface area contributed by atoms with Gasteiger partial charge < -0.3 is 15.1 Å². The molecule has 0 unspecified atom stereocenters. The molecule has 0 atom stereocenters. The molecule has 0 aromatic heterocycles. The van der Waals surface area contributed by atoms with Crippen LogP contribution in [0.25, 0.3) is 0 Å². The van der Waals surface area contributed by atoms with Gasteiger partial charge in [0, 0.05) is 63.1 Å². The van der Waals surface area contributed by atoms with Crippen LogP contribution >= 0.6 is 0 Å². The van der Waals surface area contributed by atoms with Gasteiger partial charge in [-0.1, -0.05) is 0 Å². The topological polar surface area (TPSA) is 60.1 Å². The summed E-state index contributed by atoms with van der Waals surface area (Å²) in [6.45, 7) is 4.79. The maximum absolute atomic E-state index is 13.4. The molecule has 2 aliphatic heterocycles. The lowest BCUT2D eigenvalue weighted by molar-refractivity contribution is -0.138. The number of piperazine rings is 1. The molecule has 226 valence electrons. The molecule has 41 heavy (non-hydrogen) atoms. The van der Waals surface area contributed by atoms with E-state index in [0.717, 1.165) is 43.5 Å². The van der Waals surface area contributed by atoms with E-state index in [1.807, 2.05) is 4.90 Å². The minimum Gasteiger partial charge on any atom is -0.382 e. The van der Waals surface area contributed by atoms with Crippen molar-refractivity contribution < 1.29 is 36.0 Å². The van der Waals surface area contributed by atoms with Crippen molar-refractivity contribution in [2.45, 2.75) is 44.1 Å². The van der Waals surface area contributed by atoms with Gasteiger partial charge in [-0.25, -0.2) is 0 Å². The smallest absolute Gasteiger partial charge is 0.382 e. The van der Waals surface area contributed by atoms with E-state index < -0.39 is 23.5 Å². The first-order valence-corrected chi connectivity index (χ1v) is 13.6. The van der Waals surface area contributed by atoms with Gasteiger partial charge in [-0.3, -0.25) is 20.0 Å². The zero-order chi connectivity index (χ0) is 29.6. The molecule has 13 heteroatoms. The van der Waals surface area contributed by atoms with Gasteiger partial charge in [0.25, 0.3) is 0 Å². The lowest BCUT2D eigenvalue weighted by Crippen LogP contribution is -2.47. The predicted molar refractivity (Wildman–Crippen MR) is 145 cm³/mol. The number of hydrogen-bond donors (Lipinski definition) is 2. The Kier molecular flexibility index (Phi) is 9.90. The summed E-state index contributed by atoms with van der Waals surface area (Å²) < 4.78 is 78.6. The first-order valence-electron chi connectivity index (χ1n) is 13.6. The first kappa shape index (κ1) is 30.8. The van der Waals surface area contributed by atoms with Crippen LogP contribution in [0.5, 0.6) is 0 Å². The van der Waals surface area contributed by atoms with Crippen LogP contribution in [-0.4, -0.2) is 74.7 Å². The van der Waals surface area contributed by atoms with Gasteiger partial charge >= 0.3 is 12.4 Å². The highest BCUT2D eigenvalue weighted by Crippen LogP contribution is 2.37. The van der Waals surface area contributed by atoms with Crippen LogP contribution in [0.3, 0.4) is 0 Å². The molecule has 2 fully saturated rings. The van der Waals surface area contributed by atoms with Crippen molar-refractivity contribution in [1.82, 2.24) is 9.80 Å². The minimum atomic E-state index is -4.53.